The Bertz CT molecular complexity index is 522. The fourth-order valence-electron chi connectivity index (χ4n) is 2.55. The Morgan fingerprint density at radius 2 is 1.95 bits per heavy atom. The van der Waals surface area contributed by atoms with Crippen LogP contribution in [0.2, 0.25) is 0 Å². The van der Waals surface area contributed by atoms with Gasteiger partial charge in [0.1, 0.15) is 6.04 Å². The van der Waals surface area contributed by atoms with Crippen LogP contribution in [0.4, 0.5) is 0 Å². The Morgan fingerprint density at radius 1 is 1.24 bits per heavy atom. The minimum absolute atomic E-state index is 0.293. The molecule has 1 atom stereocenters. The molecule has 1 aliphatic heterocycles. The van der Waals surface area contributed by atoms with Crippen LogP contribution in [0.3, 0.4) is 0 Å². The van der Waals surface area contributed by atoms with Gasteiger partial charge in [0.05, 0.1) is 20.3 Å². The number of rotatable bonds is 4. The molecular weight excluding hydrogens is 334 g/mol. The van der Waals surface area contributed by atoms with Crippen LogP contribution in [0.25, 0.3) is 0 Å². The van der Waals surface area contributed by atoms with Gasteiger partial charge >= 0.3 is 0 Å². The molecule has 6 heteroatoms. The Hall–Kier alpha value is -1.29. The van der Waals surface area contributed by atoms with Gasteiger partial charge in [0.25, 0.3) is 0 Å². The molecule has 1 saturated heterocycles. The van der Waals surface area contributed by atoms with Crippen molar-refractivity contribution in [3.63, 3.8) is 0 Å². The quantitative estimate of drug-likeness (QED) is 0.900. The molecular formula is C15H20BrN3O2. The van der Waals surface area contributed by atoms with E-state index >= 15 is 0 Å². The molecule has 0 aliphatic carbocycles. The summed E-state index contributed by atoms with van der Waals surface area (Å²) in [6, 6.07) is 5.86. The minimum atomic E-state index is -0.293. The fraction of sp³-hybridized carbons (Fsp3) is 0.533. The molecule has 0 spiro atoms. The molecule has 5 nitrogen and oxygen atoms in total. The van der Waals surface area contributed by atoms with E-state index in [9.17, 15) is 5.26 Å². The van der Waals surface area contributed by atoms with Crippen molar-refractivity contribution in [3.8, 4) is 17.6 Å². The average molecular weight is 354 g/mol. The molecule has 0 aromatic heterocycles. The second-order valence-electron chi connectivity index (χ2n) is 4.90. The van der Waals surface area contributed by atoms with E-state index in [0.717, 1.165) is 42.6 Å². The highest BCUT2D eigenvalue weighted by molar-refractivity contribution is 9.10. The molecule has 1 aromatic rings. The third-order valence-corrected chi connectivity index (χ3v) is 4.35. The Morgan fingerprint density at radius 3 is 2.62 bits per heavy atom. The highest BCUT2D eigenvalue weighted by Gasteiger charge is 2.24. The number of benzene rings is 1. The second kappa shape index (κ2) is 7.64. The molecule has 1 aromatic carbocycles. The van der Waals surface area contributed by atoms with E-state index in [1.807, 2.05) is 12.1 Å². The van der Waals surface area contributed by atoms with Crippen molar-refractivity contribution in [3.05, 3.63) is 22.2 Å². The van der Waals surface area contributed by atoms with Gasteiger partial charge in [-0.15, -0.1) is 0 Å². The minimum Gasteiger partial charge on any atom is -0.493 e. The van der Waals surface area contributed by atoms with Gasteiger partial charge in [-0.3, -0.25) is 4.90 Å². The molecule has 1 aliphatic rings. The van der Waals surface area contributed by atoms with Crippen molar-refractivity contribution in [1.29, 1.82) is 5.26 Å². The van der Waals surface area contributed by atoms with Crippen molar-refractivity contribution in [2.24, 2.45) is 0 Å². The maximum Gasteiger partial charge on any atom is 0.161 e. The number of nitriles is 1. The van der Waals surface area contributed by atoms with E-state index in [1.165, 1.54) is 0 Å². The molecule has 2 rings (SSSR count). The zero-order valence-corrected chi connectivity index (χ0v) is 13.9. The van der Waals surface area contributed by atoms with Crippen molar-refractivity contribution < 1.29 is 9.47 Å². The van der Waals surface area contributed by atoms with Crippen LogP contribution < -0.4 is 14.8 Å². The van der Waals surface area contributed by atoms with Crippen LogP contribution in [0, 0.1) is 11.3 Å². The van der Waals surface area contributed by atoms with Crippen LogP contribution in [-0.2, 0) is 0 Å². The summed E-state index contributed by atoms with van der Waals surface area (Å²) in [5, 5.41) is 13.0. The molecule has 0 bridgehead atoms. The van der Waals surface area contributed by atoms with E-state index < -0.39 is 0 Å². The topological polar surface area (TPSA) is 57.5 Å². The summed E-state index contributed by atoms with van der Waals surface area (Å²) in [7, 11) is 3.21. The maximum atomic E-state index is 9.63. The van der Waals surface area contributed by atoms with E-state index in [4.69, 9.17) is 9.47 Å². The summed E-state index contributed by atoms with van der Waals surface area (Å²) in [5.41, 5.74) is 0.914. The van der Waals surface area contributed by atoms with Crippen LogP contribution in [-0.4, -0.2) is 45.3 Å². The van der Waals surface area contributed by atoms with Crippen LogP contribution in [0.1, 0.15) is 18.0 Å². The predicted octanol–water partition coefficient (Wildman–Crippen LogP) is 2.33. The van der Waals surface area contributed by atoms with Crippen molar-refractivity contribution in [1.82, 2.24) is 10.2 Å². The largest absolute Gasteiger partial charge is 0.493 e. The summed E-state index contributed by atoms with van der Waals surface area (Å²) < 4.78 is 11.5. The number of methoxy groups -OCH3 is 2. The Balaban J connectivity index is 2.35. The number of ether oxygens (including phenoxy) is 2. The lowest BCUT2D eigenvalue weighted by atomic mass is 10.1. The summed E-state index contributed by atoms with van der Waals surface area (Å²) >= 11 is 3.55. The summed E-state index contributed by atoms with van der Waals surface area (Å²) in [6.45, 7) is 3.68. The van der Waals surface area contributed by atoms with Crippen molar-refractivity contribution in [2.75, 3.05) is 40.4 Å². The number of halogens is 1. The van der Waals surface area contributed by atoms with Gasteiger partial charge in [0, 0.05) is 29.7 Å². The van der Waals surface area contributed by atoms with Gasteiger partial charge in [-0.1, -0.05) is 15.9 Å². The standard InChI is InChI=1S/C15H20BrN3O2/c1-20-14-8-11(12(16)9-15(14)21-2)13(10-17)19-6-3-4-18-5-7-19/h8-9,13,18H,3-7H2,1-2H3. The van der Waals surface area contributed by atoms with Gasteiger partial charge in [-0.25, -0.2) is 0 Å². The first-order valence-corrected chi connectivity index (χ1v) is 7.76. The first-order chi connectivity index (χ1) is 10.2. The molecule has 1 unspecified atom stereocenters. The highest BCUT2D eigenvalue weighted by Crippen LogP contribution is 2.37. The average Bonchev–Trinajstić information content (AvgIpc) is 2.78. The van der Waals surface area contributed by atoms with E-state index in [1.54, 1.807) is 14.2 Å². The monoisotopic (exact) mass is 353 g/mol. The number of hydrogen-bond acceptors (Lipinski definition) is 5. The van der Waals surface area contributed by atoms with Gasteiger partial charge in [-0.2, -0.15) is 5.26 Å². The Kier molecular flexibility index (Phi) is 5.85. The van der Waals surface area contributed by atoms with Gasteiger partial charge in [0.15, 0.2) is 11.5 Å². The fourth-order valence-corrected chi connectivity index (χ4v) is 3.09. The summed E-state index contributed by atoms with van der Waals surface area (Å²) in [5.74, 6) is 1.30. The lowest BCUT2D eigenvalue weighted by Gasteiger charge is -2.26. The zero-order valence-electron chi connectivity index (χ0n) is 12.4. The summed E-state index contributed by atoms with van der Waals surface area (Å²) in [4.78, 5) is 2.20. The molecule has 0 radical (unpaired) electrons. The van der Waals surface area contributed by atoms with E-state index in [0.29, 0.717) is 11.5 Å². The van der Waals surface area contributed by atoms with Crippen LogP contribution in [0.5, 0.6) is 11.5 Å². The van der Waals surface area contributed by atoms with Gasteiger partial charge in [0.2, 0.25) is 0 Å². The molecule has 1 fully saturated rings. The first-order valence-electron chi connectivity index (χ1n) is 6.97. The summed E-state index contributed by atoms with van der Waals surface area (Å²) in [6.07, 6.45) is 1.04. The van der Waals surface area contributed by atoms with Crippen molar-refractivity contribution >= 4 is 15.9 Å². The molecule has 21 heavy (non-hydrogen) atoms. The van der Waals surface area contributed by atoms with Crippen molar-refractivity contribution in [2.45, 2.75) is 12.5 Å². The predicted molar refractivity (Wildman–Crippen MR) is 84.7 cm³/mol. The van der Waals surface area contributed by atoms with Gasteiger partial charge in [-0.05, 0) is 25.1 Å². The first kappa shape index (κ1) is 16.1. The Labute approximate surface area is 134 Å². The number of hydrogen-bond donors (Lipinski definition) is 1. The molecule has 1 N–H and O–H groups in total. The molecule has 114 valence electrons. The zero-order chi connectivity index (χ0) is 15.2. The highest BCUT2D eigenvalue weighted by atomic mass is 79.9. The molecule has 0 amide bonds. The number of nitrogens with one attached hydrogen (secondary N) is 1. The van der Waals surface area contributed by atoms with Crippen LogP contribution in [0.15, 0.2) is 16.6 Å². The van der Waals surface area contributed by atoms with Crippen LogP contribution >= 0.6 is 15.9 Å². The van der Waals surface area contributed by atoms with Gasteiger partial charge < -0.3 is 14.8 Å². The maximum absolute atomic E-state index is 9.63. The lowest BCUT2D eigenvalue weighted by Crippen LogP contribution is -2.31. The van der Waals surface area contributed by atoms with E-state index in [2.05, 4.69) is 32.2 Å². The molecule has 0 saturated carbocycles. The normalized spacial score (nSPS) is 17.6. The number of nitrogens with zero attached hydrogens (tertiary/aromatic N) is 2. The second-order valence-corrected chi connectivity index (χ2v) is 5.75. The lowest BCUT2D eigenvalue weighted by molar-refractivity contribution is 0.251. The molecule has 1 heterocycles. The third kappa shape index (κ3) is 3.67. The third-order valence-electron chi connectivity index (χ3n) is 3.66. The smallest absolute Gasteiger partial charge is 0.161 e. The SMILES string of the molecule is COc1cc(Br)c(C(C#N)N2CCCNCC2)cc1OC. The van der Waals surface area contributed by atoms with E-state index in [-0.39, 0.29) is 6.04 Å².